The topological polar surface area (TPSA) is 12.0 Å². The highest BCUT2D eigenvalue weighted by atomic mass is 19.3. The van der Waals surface area contributed by atoms with Crippen molar-refractivity contribution in [3.63, 3.8) is 0 Å². The SMILES string of the molecule is Fc1cccc(CC(F)(F)C2CCNCC2)c1. The zero-order valence-corrected chi connectivity index (χ0v) is 9.56. The maximum absolute atomic E-state index is 14.0. The van der Waals surface area contributed by atoms with Crippen LogP contribution in [-0.2, 0) is 6.42 Å². The van der Waals surface area contributed by atoms with Crippen LogP contribution >= 0.6 is 0 Å². The van der Waals surface area contributed by atoms with Crippen LogP contribution in [-0.4, -0.2) is 19.0 Å². The van der Waals surface area contributed by atoms with Crippen molar-refractivity contribution in [1.82, 2.24) is 5.32 Å². The summed E-state index contributed by atoms with van der Waals surface area (Å²) < 4.78 is 40.9. The Kier molecular flexibility index (Phi) is 3.72. The van der Waals surface area contributed by atoms with Crippen LogP contribution in [0.15, 0.2) is 24.3 Å². The lowest BCUT2D eigenvalue weighted by molar-refractivity contribution is -0.0675. The number of hydrogen-bond donors (Lipinski definition) is 1. The van der Waals surface area contributed by atoms with Crippen molar-refractivity contribution in [2.45, 2.75) is 25.2 Å². The summed E-state index contributed by atoms with van der Waals surface area (Å²) in [5, 5.41) is 3.07. The molecule has 17 heavy (non-hydrogen) atoms. The molecule has 0 radical (unpaired) electrons. The number of hydrogen-bond acceptors (Lipinski definition) is 1. The van der Waals surface area contributed by atoms with Crippen molar-refractivity contribution in [2.24, 2.45) is 5.92 Å². The van der Waals surface area contributed by atoms with Gasteiger partial charge in [-0.3, -0.25) is 0 Å². The van der Waals surface area contributed by atoms with Crippen molar-refractivity contribution < 1.29 is 13.2 Å². The summed E-state index contributed by atoms with van der Waals surface area (Å²) in [7, 11) is 0. The molecule has 1 heterocycles. The number of nitrogens with one attached hydrogen (secondary N) is 1. The lowest BCUT2D eigenvalue weighted by Gasteiger charge is -2.30. The third kappa shape index (κ3) is 3.22. The van der Waals surface area contributed by atoms with Crippen LogP contribution in [0.5, 0.6) is 0 Å². The third-order valence-corrected chi connectivity index (χ3v) is 3.27. The minimum Gasteiger partial charge on any atom is -0.317 e. The zero-order chi connectivity index (χ0) is 12.3. The highest BCUT2D eigenvalue weighted by Crippen LogP contribution is 2.34. The highest BCUT2D eigenvalue weighted by molar-refractivity contribution is 5.18. The van der Waals surface area contributed by atoms with Crippen molar-refractivity contribution in [2.75, 3.05) is 13.1 Å². The van der Waals surface area contributed by atoms with E-state index in [9.17, 15) is 13.2 Å². The normalized spacial score (nSPS) is 18.3. The van der Waals surface area contributed by atoms with Crippen molar-refractivity contribution >= 4 is 0 Å². The molecule has 1 aromatic rings. The van der Waals surface area contributed by atoms with E-state index in [1.165, 1.54) is 18.2 Å². The van der Waals surface area contributed by atoms with Crippen LogP contribution in [0, 0.1) is 11.7 Å². The Bertz CT molecular complexity index is 373. The Morgan fingerprint density at radius 1 is 1.24 bits per heavy atom. The maximum Gasteiger partial charge on any atom is 0.254 e. The molecule has 1 N–H and O–H groups in total. The van der Waals surface area contributed by atoms with E-state index in [-0.39, 0.29) is 6.42 Å². The molecule has 1 aliphatic heterocycles. The number of benzene rings is 1. The van der Waals surface area contributed by atoms with Crippen LogP contribution < -0.4 is 5.32 Å². The largest absolute Gasteiger partial charge is 0.317 e. The first-order valence-electron chi connectivity index (χ1n) is 5.91. The Morgan fingerprint density at radius 3 is 2.59 bits per heavy atom. The Hall–Kier alpha value is -1.03. The Labute approximate surface area is 99.0 Å². The summed E-state index contributed by atoms with van der Waals surface area (Å²) in [6, 6.07) is 5.49. The van der Waals surface area contributed by atoms with Gasteiger partial charge in [-0.05, 0) is 43.6 Å². The predicted octanol–water partition coefficient (Wildman–Crippen LogP) is 3.00. The summed E-state index contributed by atoms with van der Waals surface area (Å²) in [6.07, 6.45) is 0.611. The van der Waals surface area contributed by atoms with Gasteiger partial charge in [-0.25, -0.2) is 13.2 Å². The van der Waals surface area contributed by atoms with Gasteiger partial charge >= 0.3 is 0 Å². The van der Waals surface area contributed by atoms with Gasteiger partial charge in [0.25, 0.3) is 5.92 Å². The van der Waals surface area contributed by atoms with Gasteiger partial charge < -0.3 is 5.32 Å². The molecule has 1 aliphatic rings. The second kappa shape index (κ2) is 5.08. The Balaban J connectivity index is 2.05. The van der Waals surface area contributed by atoms with Crippen molar-refractivity contribution in [1.29, 1.82) is 0 Å². The minimum atomic E-state index is -2.74. The molecule has 0 unspecified atom stereocenters. The monoisotopic (exact) mass is 243 g/mol. The van der Waals surface area contributed by atoms with Crippen LogP contribution in [0.1, 0.15) is 18.4 Å². The average molecular weight is 243 g/mol. The molecule has 1 aromatic carbocycles. The molecule has 1 saturated heterocycles. The summed E-state index contributed by atoms with van der Waals surface area (Å²) >= 11 is 0. The molecule has 2 rings (SSSR count). The molecule has 0 aromatic heterocycles. The van der Waals surface area contributed by atoms with Crippen LogP contribution in [0.3, 0.4) is 0 Å². The van der Waals surface area contributed by atoms with Crippen molar-refractivity contribution in [3.05, 3.63) is 35.6 Å². The fraction of sp³-hybridized carbons (Fsp3) is 0.538. The van der Waals surface area contributed by atoms with Crippen LogP contribution in [0.2, 0.25) is 0 Å². The molecular weight excluding hydrogens is 227 g/mol. The molecule has 1 fully saturated rings. The molecule has 1 nitrogen and oxygen atoms in total. The van der Waals surface area contributed by atoms with E-state index in [4.69, 9.17) is 0 Å². The second-order valence-electron chi connectivity index (χ2n) is 4.59. The maximum atomic E-state index is 14.0. The van der Waals surface area contributed by atoms with Gasteiger partial charge in [0.15, 0.2) is 0 Å². The number of alkyl halides is 2. The van der Waals surface area contributed by atoms with Gasteiger partial charge in [-0.1, -0.05) is 12.1 Å². The fourth-order valence-corrected chi connectivity index (χ4v) is 2.31. The van der Waals surface area contributed by atoms with Gasteiger partial charge in [-0.2, -0.15) is 0 Å². The molecule has 0 spiro atoms. The van der Waals surface area contributed by atoms with Crippen molar-refractivity contribution in [3.8, 4) is 0 Å². The van der Waals surface area contributed by atoms with E-state index in [2.05, 4.69) is 5.32 Å². The van der Waals surface area contributed by atoms with Gasteiger partial charge in [0.05, 0.1) is 0 Å². The first-order chi connectivity index (χ1) is 8.08. The zero-order valence-electron chi connectivity index (χ0n) is 9.56. The average Bonchev–Trinajstić information content (AvgIpc) is 2.29. The summed E-state index contributed by atoms with van der Waals surface area (Å²) in [6.45, 7) is 1.28. The molecule has 0 bridgehead atoms. The van der Waals surface area contributed by atoms with E-state index in [0.29, 0.717) is 31.5 Å². The number of piperidine rings is 1. The summed E-state index contributed by atoms with van der Waals surface area (Å²) in [5.41, 5.74) is 0.369. The minimum absolute atomic E-state index is 0.366. The quantitative estimate of drug-likeness (QED) is 0.860. The first kappa shape index (κ1) is 12.4. The smallest absolute Gasteiger partial charge is 0.254 e. The van der Waals surface area contributed by atoms with E-state index in [1.54, 1.807) is 6.07 Å². The number of rotatable bonds is 3. The van der Waals surface area contributed by atoms with E-state index >= 15 is 0 Å². The van der Waals surface area contributed by atoms with E-state index < -0.39 is 17.7 Å². The molecule has 94 valence electrons. The predicted molar refractivity (Wildman–Crippen MR) is 60.6 cm³/mol. The third-order valence-electron chi connectivity index (χ3n) is 3.27. The molecule has 0 saturated carbocycles. The molecule has 0 aliphatic carbocycles. The molecular formula is C13H16F3N. The summed E-state index contributed by atoms with van der Waals surface area (Å²) in [4.78, 5) is 0. The molecule has 4 heteroatoms. The van der Waals surface area contributed by atoms with Gasteiger partial charge in [0.2, 0.25) is 0 Å². The van der Waals surface area contributed by atoms with Gasteiger partial charge in [0.1, 0.15) is 5.82 Å². The summed E-state index contributed by atoms with van der Waals surface area (Å²) in [5.74, 6) is -3.79. The molecule has 0 amide bonds. The lowest BCUT2D eigenvalue weighted by Crippen LogP contribution is -2.39. The second-order valence-corrected chi connectivity index (χ2v) is 4.59. The van der Waals surface area contributed by atoms with Gasteiger partial charge in [-0.15, -0.1) is 0 Å². The lowest BCUT2D eigenvalue weighted by atomic mass is 9.87. The number of halogens is 3. The van der Waals surface area contributed by atoms with E-state index in [1.807, 2.05) is 0 Å². The van der Waals surface area contributed by atoms with Gasteiger partial charge in [0, 0.05) is 12.3 Å². The standard InChI is InChI=1S/C13H16F3N/c14-12-3-1-2-10(8-12)9-13(15,16)11-4-6-17-7-5-11/h1-3,8,11,17H,4-7,9H2. The van der Waals surface area contributed by atoms with Crippen LogP contribution in [0.25, 0.3) is 0 Å². The highest BCUT2D eigenvalue weighted by Gasteiger charge is 2.39. The van der Waals surface area contributed by atoms with E-state index in [0.717, 1.165) is 0 Å². The molecule has 0 atom stereocenters. The Morgan fingerprint density at radius 2 is 1.94 bits per heavy atom. The van der Waals surface area contributed by atoms with Crippen LogP contribution in [0.4, 0.5) is 13.2 Å². The first-order valence-corrected chi connectivity index (χ1v) is 5.91. The fourth-order valence-electron chi connectivity index (χ4n) is 2.31.